The van der Waals surface area contributed by atoms with Crippen molar-refractivity contribution in [2.75, 3.05) is 17.9 Å². The smallest absolute Gasteiger partial charge is 0.264 e. The number of anilines is 1. The number of nitrogens with zero attached hydrogens (tertiary/aromatic N) is 2. The number of rotatable bonds is 9. The second-order valence-electron chi connectivity index (χ2n) is 8.66. The topological polar surface area (TPSA) is 86.8 Å². The van der Waals surface area contributed by atoms with Gasteiger partial charge in [-0.15, -0.1) is 0 Å². The first-order chi connectivity index (χ1) is 17.4. The zero-order valence-electron chi connectivity index (χ0n) is 21.0. The summed E-state index contributed by atoms with van der Waals surface area (Å²) < 4.78 is 28.7. The predicted octanol–water partition coefficient (Wildman–Crippen LogP) is 4.97. The van der Waals surface area contributed by atoms with Crippen molar-refractivity contribution in [3.05, 3.63) is 93.5 Å². The lowest BCUT2D eigenvalue weighted by atomic mass is 10.1. The molecule has 37 heavy (non-hydrogen) atoms. The number of sulfonamides is 1. The summed E-state index contributed by atoms with van der Waals surface area (Å²) in [6.45, 7) is 4.64. The van der Waals surface area contributed by atoms with Gasteiger partial charge in [0.25, 0.3) is 10.0 Å². The molecule has 3 aromatic rings. The molecule has 0 heterocycles. The quantitative estimate of drug-likeness (QED) is 0.399. The molecule has 0 saturated heterocycles. The third kappa shape index (κ3) is 6.63. The van der Waals surface area contributed by atoms with E-state index in [0.29, 0.717) is 26.9 Å². The van der Waals surface area contributed by atoms with Crippen molar-refractivity contribution >= 4 is 50.7 Å². The molecule has 0 fully saturated rings. The summed E-state index contributed by atoms with van der Waals surface area (Å²) in [5.74, 6) is -0.961. The summed E-state index contributed by atoms with van der Waals surface area (Å²) in [5, 5.41) is 3.42. The molecule has 10 heteroatoms. The Labute approximate surface area is 228 Å². The van der Waals surface area contributed by atoms with Crippen molar-refractivity contribution in [3.63, 3.8) is 0 Å². The van der Waals surface area contributed by atoms with E-state index in [-0.39, 0.29) is 11.4 Å². The molecule has 0 unspecified atom stereocenters. The van der Waals surface area contributed by atoms with Crippen LogP contribution in [0.2, 0.25) is 10.0 Å². The number of halogens is 2. The highest BCUT2D eigenvalue weighted by atomic mass is 35.5. The van der Waals surface area contributed by atoms with Crippen LogP contribution in [-0.2, 0) is 26.2 Å². The first-order valence-electron chi connectivity index (χ1n) is 11.6. The van der Waals surface area contributed by atoms with Gasteiger partial charge in [0.15, 0.2) is 0 Å². The van der Waals surface area contributed by atoms with Gasteiger partial charge in [0, 0.05) is 23.6 Å². The van der Waals surface area contributed by atoms with Gasteiger partial charge in [-0.25, -0.2) is 8.42 Å². The molecule has 0 saturated carbocycles. The van der Waals surface area contributed by atoms with E-state index in [1.54, 1.807) is 68.4 Å². The van der Waals surface area contributed by atoms with Crippen LogP contribution in [0.3, 0.4) is 0 Å². The van der Waals surface area contributed by atoms with Crippen molar-refractivity contribution in [2.24, 2.45) is 0 Å². The predicted molar refractivity (Wildman–Crippen MR) is 147 cm³/mol. The molecule has 0 aliphatic carbocycles. The van der Waals surface area contributed by atoms with E-state index in [9.17, 15) is 18.0 Å². The Bertz CT molecular complexity index is 1400. The molecule has 0 radical (unpaired) electrons. The fourth-order valence-corrected chi connectivity index (χ4v) is 5.75. The SMILES string of the molecule is CNC(=O)[C@H](C)N(Cc1ccccc1Cl)C(=O)CN(c1ccc(Cl)cc1C)S(=O)(=O)c1ccc(C)cc1. The molecular formula is C27H29Cl2N3O4S. The fourth-order valence-electron chi connectivity index (χ4n) is 3.85. The number of aryl methyl sites for hydroxylation is 2. The Morgan fingerprint density at radius 1 is 0.973 bits per heavy atom. The highest BCUT2D eigenvalue weighted by Crippen LogP contribution is 2.30. The molecule has 3 rings (SSSR count). The van der Waals surface area contributed by atoms with Gasteiger partial charge in [-0.1, -0.05) is 59.1 Å². The molecule has 0 aromatic heterocycles. The van der Waals surface area contributed by atoms with E-state index in [1.807, 2.05) is 6.92 Å². The van der Waals surface area contributed by atoms with E-state index in [4.69, 9.17) is 23.2 Å². The minimum atomic E-state index is -4.15. The Morgan fingerprint density at radius 3 is 2.22 bits per heavy atom. The number of carbonyl (C=O) groups is 2. The van der Waals surface area contributed by atoms with Crippen LogP contribution in [0.1, 0.15) is 23.6 Å². The van der Waals surface area contributed by atoms with Crippen LogP contribution in [0, 0.1) is 13.8 Å². The molecule has 0 bridgehead atoms. The van der Waals surface area contributed by atoms with E-state index in [0.717, 1.165) is 9.87 Å². The minimum absolute atomic E-state index is 0.0190. The van der Waals surface area contributed by atoms with Crippen LogP contribution in [0.25, 0.3) is 0 Å². The summed E-state index contributed by atoms with van der Waals surface area (Å²) >= 11 is 12.5. The molecule has 0 aliphatic heterocycles. The zero-order valence-corrected chi connectivity index (χ0v) is 23.4. The lowest BCUT2D eigenvalue weighted by Gasteiger charge is -2.32. The summed E-state index contributed by atoms with van der Waals surface area (Å²) in [6, 6.07) is 17.3. The van der Waals surface area contributed by atoms with E-state index in [1.165, 1.54) is 24.1 Å². The number of likely N-dealkylation sites (N-methyl/N-ethyl adjacent to an activating group) is 1. The maximum atomic E-state index is 13.8. The molecule has 3 aromatic carbocycles. The van der Waals surface area contributed by atoms with Crippen LogP contribution in [-0.4, -0.2) is 44.8 Å². The summed E-state index contributed by atoms with van der Waals surface area (Å²) in [5.41, 5.74) is 2.41. The molecular weight excluding hydrogens is 533 g/mol. The number of nitrogens with one attached hydrogen (secondary N) is 1. The second kappa shape index (κ2) is 12.0. The largest absolute Gasteiger partial charge is 0.357 e. The molecule has 7 nitrogen and oxygen atoms in total. The van der Waals surface area contributed by atoms with Gasteiger partial charge in [-0.3, -0.25) is 13.9 Å². The third-order valence-corrected chi connectivity index (χ3v) is 8.41. The van der Waals surface area contributed by atoms with Crippen LogP contribution in [0.5, 0.6) is 0 Å². The maximum absolute atomic E-state index is 13.8. The second-order valence-corrected chi connectivity index (χ2v) is 11.4. The van der Waals surface area contributed by atoms with Crippen molar-refractivity contribution in [1.29, 1.82) is 0 Å². The number of hydrogen-bond acceptors (Lipinski definition) is 4. The Balaban J connectivity index is 2.08. The monoisotopic (exact) mass is 561 g/mol. The van der Waals surface area contributed by atoms with E-state index >= 15 is 0 Å². The standard InChI is InChI=1S/C27H29Cl2N3O4S/c1-18-9-12-23(13-10-18)37(35,36)32(25-14-11-22(28)15-19(25)2)17-26(33)31(20(3)27(34)30-4)16-21-7-5-6-8-24(21)29/h5-15,20H,16-17H2,1-4H3,(H,30,34)/t20-/m0/s1. The Morgan fingerprint density at radius 2 is 1.62 bits per heavy atom. The number of benzene rings is 3. The Hall–Kier alpha value is -3.07. The van der Waals surface area contributed by atoms with E-state index in [2.05, 4.69) is 5.32 Å². The third-order valence-electron chi connectivity index (χ3n) is 6.03. The lowest BCUT2D eigenvalue weighted by Crippen LogP contribution is -2.50. The molecule has 0 spiro atoms. The number of amides is 2. The van der Waals surface area contributed by atoms with Crippen molar-refractivity contribution < 1.29 is 18.0 Å². The van der Waals surface area contributed by atoms with Crippen molar-refractivity contribution in [1.82, 2.24) is 10.2 Å². The van der Waals surface area contributed by atoms with Crippen molar-refractivity contribution in [2.45, 2.75) is 38.3 Å². The summed E-state index contributed by atoms with van der Waals surface area (Å²) in [7, 11) is -2.68. The maximum Gasteiger partial charge on any atom is 0.264 e. The van der Waals surface area contributed by atoms with Crippen LogP contribution < -0.4 is 9.62 Å². The van der Waals surface area contributed by atoms with Crippen LogP contribution in [0.15, 0.2) is 71.6 Å². The normalized spacial score (nSPS) is 12.1. The Kier molecular flexibility index (Phi) is 9.23. The summed E-state index contributed by atoms with van der Waals surface area (Å²) in [6.07, 6.45) is 0. The molecule has 1 atom stereocenters. The van der Waals surface area contributed by atoms with Gasteiger partial charge in [0.2, 0.25) is 11.8 Å². The van der Waals surface area contributed by atoms with Gasteiger partial charge in [0.1, 0.15) is 12.6 Å². The zero-order chi connectivity index (χ0) is 27.3. The first-order valence-corrected chi connectivity index (χ1v) is 13.7. The van der Waals surface area contributed by atoms with Gasteiger partial charge in [-0.05, 0) is 68.3 Å². The van der Waals surface area contributed by atoms with Gasteiger partial charge >= 0.3 is 0 Å². The molecule has 0 aliphatic rings. The first kappa shape index (κ1) is 28.5. The molecule has 196 valence electrons. The molecule has 2 amide bonds. The van der Waals surface area contributed by atoms with Gasteiger partial charge in [-0.2, -0.15) is 0 Å². The average molecular weight is 563 g/mol. The highest BCUT2D eigenvalue weighted by molar-refractivity contribution is 7.92. The van der Waals surface area contributed by atoms with E-state index < -0.39 is 34.4 Å². The van der Waals surface area contributed by atoms with Gasteiger partial charge in [0.05, 0.1) is 10.6 Å². The number of hydrogen-bond donors (Lipinski definition) is 1. The van der Waals surface area contributed by atoms with Crippen LogP contribution >= 0.6 is 23.2 Å². The lowest BCUT2D eigenvalue weighted by molar-refractivity contribution is -0.139. The van der Waals surface area contributed by atoms with Crippen molar-refractivity contribution in [3.8, 4) is 0 Å². The average Bonchev–Trinajstić information content (AvgIpc) is 2.86. The van der Waals surface area contributed by atoms with Crippen LogP contribution in [0.4, 0.5) is 5.69 Å². The van der Waals surface area contributed by atoms with Gasteiger partial charge < -0.3 is 10.2 Å². The fraction of sp³-hybridized carbons (Fsp3) is 0.259. The minimum Gasteiger partial charge on any atom is -0.357 e. The highest BCUT2D eigenvalue weighted by Gasteiger charge is 2.33. The summed E-state index contributed by atoms with van der Waals surface area (Å²) in [4.78, 5) is 27.7. The number of carbonyl (C=O) groups excluding carboxylic acids is 2. The molecule has 1 N–H and O–H groups in total.